The van der Waals surface area contributed by atoms with Gasteiger partial charge in [-0.15, -0.1) is 0 Å². The Morgan fingerprint density at radius 2 is 1.00 bits per heavy atom. The van der Waals surface area contributed by atoms with Gasteiger partial charge in [0.1, 0.15) is 0 Å². The Bertz CT molecular complexity index is 148. The van der Waals surface area contributed by atoms with E-state index >= 15 is 0 Å². The van der Waals surface area contributed by atoms with Crippen LogP contribution >= 0.6 is 0 Å². The van der Waals surface area contributed by atoms with Crippen LogP contribution in [0.1, 0.15) is 86.0 Å². The van der Waals surface area contributed by atoms with Gasteiger partial charge in [-0.2, -0.15) is 0 Å². The highest BCUT2D eigenvalue weighted by molar-refractivity contribution is 4.99. The highest BCUT2D eigenvalue weighted by Gasteiger charge is 2.42. The maximum atomic E-state index is 6.77. The highest BCUT2D eigenvalue weighted by Crippen LogP contribution is 2.43. The van der Waals surface area contributed by atoms with Gasteiger partial charge in [-0.05, 0) is 31.1 Å². The van der Waals surface area contributed by atoms with Gasteiger partial charge in [0.25, 0.3) is 0 Å². The Labute approximate surface area is 109 Å². The smallest absolute Gasteiger partial charge is 0.0208 e. The Hall–Kier alpha value is -0.0800. The third kappa shape index (κ3) is 4.97. The summed E-state index contributed by atoms with van der Waals surface area (Å²) in [4.78, 5) is 0. The molecule has 0 atom stereocenters. The van der Waals surface area contributed by atoms with Gasteiger partial charge in [0.15, 0.2) is 0 Å². The Kier molecular flexibility index (Phi) is 10.1. The number of hydrogen-bond donors (Lipinski definition) is 1. The fourth-order valence-electron chi connectivity index (χ4n) is 3.35. The normalized spacial score (nSPS) is 12.4. The van der Waals surface area contributed by atoms with Gasteiger partial charge in [0.05, 0.1) is 0 Å². The molecular weight excluding hydrogens is 210 g/mol. The zero-order valence-corrected chi connectivity index (χ0v) is 12.7. The molecule has 0 aliphatic carbocycles. The van der Waals surface area contributed by atoms with Crippen LogP contribution in [-0.4, -0.2) is 11.0 Å². The summed E-state index contributed by atoms with van der Waals surface area (Å²) in [5, 5.41) is 0. The van der Waals surface area contributed by atoms with Gasteiger partial charge in [0.2, 0.25) is 0 Å². The van der Waals surface area contributed by atoms with Crippen LogP contribution in [0.25, 0.3) is 0 Å². The van der Waals surface area contributed by atoms with E-state index in [0.29, 0.717) is 5.41 Å². The van der Waals surface area contributed by atoms with Gasteiger partial charge in [0, 0.05) is 5.54 Å². The summed E-state index contributed by atoms with van der Waals surface area (Å²) in [6.07, 6.45) is 9.83. The minimum Gasteiger partial charge on any atom is -0.412 e. The van der Waals surface area contributed by atoms with Crippen molar-refractivity contribution >= 4 is 0 Å². The van der Waals surface area contributed by atoms with Gasteiger partial charge in [-0.3, -0.25) is 0 Å². The summed E-state index contributed by atoms with van der Waals surface area (Å²) >= 11 is 0. The van der Waals surface area contributed by atoms with Crippen molar-refractivity contribution in [2.45, 2.75) is 91.5 Å². The van der Waals surface area contributed by atoms with Crippen molar-refractivity contribution in [1.82, 2.24) is 0 Å². The van der Waals surface area contributed by atoms with Crippen LogP contribution < -0.4 is 5.73 Å². The van der Waals surface area contributed by atoms with E-state index in [1.54, 1.807) is 0 Å². The average Bonchev–Trinajstić information content (AvgIpc) is 2.19. The first-order valence-corrected chi connectivity index (χ1v) is 7.28. The molecule has 0 rings (SSSR count). The van der Waals surface area contributed by atoms with Crippen molar-refractivity contribution in [2.75, 3.05) is 0 Å². The largest absolute Gasteiger partial charge is 0.412 e. The molecule has 2 heteroatoms. The summed E-state index contributed by atoms with van der Waals surface area (Å²) in [5.74, 6) is 0. The Balaban J connectivity index is 0. The third-order valence-corrected chi connectivity index (χ3v) is 4.20. The molecule has 0 aromatic carbocycles. The van der Waals surface area contributed by atoms with E-state index in [2.05, 4.69) is 34.6 Å². The number of hydrogen-bond acceptors (Lipinski definition) is 1. The van der Waals surface area contributed by atoms with Gasteiger partial charge >= 0.3 is 0 Å². The first-order chi connectivity index (χ1) is 7.49. The minimum absolute atomic E-state index is 0. The molecule has 0 amide bonds. The summed E-state index contributed by atoms with van der Waals surface area (Å²) < 4.78 is 0. The van der Waals surface area contributed by atoms with E-state index in [9.17, 15) is 0 Å². The molecule has 0 aromatic heterocycles. The molecule has 0 spiro atoms. The fraction of sp³-hybridized carbons (Fsp3) is 1.00. The van der Waals surface area contributed by atoms with Gasteiger partial charge < -0.3 is 11.2 Å². The van der Waals surface area contributed by atoms with E-state index in [4.69, 9.17) is 5.73 Å². The predicted molar refractivity (Wildman–Crippen MR) is 78.3 cm³/mol. The first-order valence-electron chi connectivity index (χ1n) is 7.28. The molecule has 0 fully saturated rings. The van der Waals surface area contributed by atoms with Crippen molar-refractivity contribution < 1.29 is 5.48 Å². The Morgan fingerprint density at radius 3 is 1.24 bits per heavy atom. The van der Waals surface area contributed by atoms with Crippen LogP contribution in [0.3, 0.4) is 0 Å². The lowest BCUT2D eigenvalue weighted by Crippen LogP contribution is -2.54. The molecule has 0 saturated heterocycles. The molecule has 0 bridgehead atoms. The monoisotopic (exact) mass is 245 g/mol. The number of nitrogens with two attached hydrogens (primary N) is 1. The van der Waals surface area contributed by atoms with Crippen molar-refractivity contribution in [3.05, 3.63) is 0 Å². The fourth-order valence-corrected chi connectivity index (χ4v) is 3.35. The summed E-state index contributed by atoms with van der Waals surface area (Å²) in [6, 6.07) is 0. The first kappa shape index (κ1) is 19.3. The molecule has 0 radical (unpaired) electrons. The summed E-state index contributed by atoms with van der Waals surface area (Å²) in [6.45, 7) is 11.5. The molecule has 17 heavy (non-hydrogen) atoms. The molecule has 0 unspecified atom stereocenters. The van der Waals surface area contributed by atoms with Crippen LogP contribution in [0, 0.1) is 5.41 Å². The maximum Gasteiger partial charge on any atom is 0.0208 e. The van der Waals surface area contributed by atoms with Gasteiger partial charge in [-0.1, -0.05) is 60.3 Å². The number of rotatable bonds is 9. The third-order valence-electron chi connectivity index (χ3n) is 4.20. The zero-order valence-electron chi connectivity index (χ0n) is 12.7. The molecular formula is C15H35NO. The molecule has 0 aliphatic rings. The molecule has 0 saturated carbocycles. The lowest BCUT2D eigenvalue weighted by Gasteiger charge is -2.47. The van der Waals surface area contributed by atoms with E-state index < -0.39 is 0 Å². The topological polar surface area (TPSA) is 57.5 Å². The predicted octanol–water partition coefficient (Wildman–Crippen LogP) is 4.07. The lowest BCUT2D eigenvalue weighted by atomic mass is 9.62. The maximum absolute atomic E-state index is 6.77. The molecule has 4 N–H and O–H groups in total. The van der Waals surface area contributed by atoms with E-state index in [-0.39, 0.29) is 11.0 Å². The van der Waals surface area contributed by atoms with E-state index in [1.807, 2.05) is 0 Å². The van der Waals surface area contributed by atoms with Crippen LogP contribution in [0.2, 0.25) is 0 Å². The minimum atomic E-state index is 0. The quantitative estimate of drug-likeness (QED) is 0.654. The van der Waals surface area contributed by atoms with Crippen LogP contribution in [0.4, 0.5) is 0 Å². The standard InChI is InChI=1S/C15H33N.H2O/c1-6-10-14(5,11-7-2)15(16,12-8-3)13-9-4;/h6-13,16H2,1-5H3;1H2. The van der Waals surface area contributed by atoms with Crippen LogP contribution in [-0.2, 0) is 0 Å². The second-order valence-corrected chi connectivity index (χ2v) is 5.72. The van der Waals surface area contributed by atoms with Crippen molar-refractivity contribution in [3.63, 3.8) is 0 Å². The molecule has 2 nitrogen and oxygen atoms in total. The second-order valence-electron chi connectivity index (χ2n) is 5.72. The second kappa shape index (κ2) is 8.93. The summed E-state index contributed by atoms with van der Waals surface area (Å²) in [7, 11) is 0. The molecule has 106 valence electrons. The molecule has 0 heterocycles. The molecule has 0 aromatic rings. The van der Waals surface area contributed by atoms with Gasteiger partial charge in [-0.25, -0.2) is 0 Å². The van der Waals surface area contributed by atoms with Crippen molar-refractivity contribution in [1.29, 1.82) is 0 Å². The van der Waals surface area contributed by atoms with E-state index in [0.717, 1.165) is 0 Å². The zero-order chi connectivity index (χ0) is 12.7. The van der Waals surface area contributed by atoms with E-state index in [1.165, 1.54) is 51.4 Å². The molecule has 0 aliphatic heterocycles. The highest BCUT2D eigenvalue weighted by atomic mass is 16.0. The Morgan fingerprint density at radius 1 is 0.706 bits per heavy atom. The SMILES string of the molecule is CCCC(C)(CCC)C(N)(CCC)CCC.O. The lowest BCUT2D eigenvalue weighted by molar-refractivity contribution is 0.0920. The van der Waals surface area contributed by atoms with Crippen LogP contribution in [0.5, 0.6) is 0 Å². The van der Waals surface area contributed by atoms with Crippen molar-refractivity contribution in [2.24, 2.45) is 11.1 Å². The average molecular weight is 245 g/mol. The van der Waals surface area contributed by atoms with Crippen LogP contribution in [0.15, 0.2) is 0 Å². The van der Waals surface area contributed by atoms with Crippen molar-refractivity contribution in [3.8, 4) is 0 Å². The summed E-state index contributed by atoms with van der Waals surface area (Å²) in [5.41, 5.74) is 7.16.